The van der Waals surface area contributed by atoms with Crippen LogP contribution in [0.2, 0.25) is 0 Å². The zero-order valence-corrected chi connectivity index (χ0v) is 17.0. The molecule has 0 radical (unpaired) electrons. The highest BCUT2D eigenvalue weighted by Crippen LogP contribution is 2.30. The fraction of sp³-hybridized carbons (Fsp3) is 0.250. The van der Waals surface area contributed by atoms with Crippen molar-refractivity contribution in [3.63, 3.8) is 0 Å². The molecule has 0 aliphatic heterocycles. The van der Waals surface area contributed by atoms with Crippen LogP contribution in [0.25, 0.3) is 11.4 Å². The van der Waals surface area contributed by atoms with Crippen molar-refractivity contribution in [1.82, 2.24) is 14.8 Å². The number of anilines is 1. The number of aromatic nitrogens is 3. The van der Waals surface area contributed by atoms with Gasteiger partial charge in [0.25, 0.3) is 0 Å². The number of para-hydroxylation sites is 1. The number of thioether (sulfide) groups is 1. The number of ether oxygens (including phenoxy) is 2. The number of carbonyl (C=O) groups is 1. The quantitative estimate of drug-likeness (QED) is 0.614. The number of methoxy groups -OCH3 is 2. The number of nitrogens with one attached hydrogen (secondary N) is 1. The van der Waals surface area contributed by atoms with Gasteiger partial charge in [0.15, 0.2) is 11.0 Å². The van der Waals surface area contributed by atoms with Gasteiger partial charge in [-0.3, -0.25) is 4.79 Å². The third-order valence-electron chi connectivity index (χ3n) is 4.22. The fourth-order valence-electron chi connectivity index (χ4n) is 2.72. The monoisotopic (exact) mass is 398 g/mol. The Hall–Kier alpha value is -3.00. The molecule has 1 aromatic heterocycles. The Bertz CT molecular complexity index is 987. The summed E-state index contributed by atoms with van der Waals surface area (Å²) in [7, 11) is 5.11. The predicted octanol–water partition coefficient (Wildman–Crippen LogP) is 3.54. The van der Waals surface area contributed by atoms with E-state index in [1.807, 2.05) is 61.0 Å². The number of rotatable bonds is 7. The summed E-state index contributed by atoms with van der Waals surface area (Å²) >= 11 is 1.33. The number of hydrogen-bond donors (Lipinski definition) is 1. The van der Waals surface area contributed by atoms with Crippen molar-refractivity contribution in [1.29, 1.82) is 0 Å². The standard InChI is InChI=1S/C20H22N4O3S/c1-13-11-14(26-3)9-10-16(13)21-18(25)12-28-20-23-22-19(24(20)2)15-7-5-6-8-17(15)27-4/h5-11H,12H2,1-4H3,(H,21,25). The molecule has 8 heteroatoms. The molecule has 0 saturated heterocycles. The van der Waals surface area contributed by atoms with Crippen LogP contribution in [-0.2, 0) is 11.8 Å². The molecular weight excluding hydrogens is 376 g/mol. The molecule has 0 spiro atoms. The van der Waals surface area contributed by atoms with Crippen molar-refractivity contribution >= 4 is 23.4 Å². The SMILES string of the molecule is COc1ccc(NC(=O)CSc2nnc(-c3ccccc3OC)n2C)c(C)c1. The first-order valence-corrected chi connectivity index (χ1v) is 9.62. The topological polar surface area (TPSA) is 78.3 Å². The molecule has 3 rings (SSSR count). The maximum absolute atomic E-state index is 12.3. The van der Waals surface area contributed by atoms with Crippen LogP contribution >= 0.6 is 11.8 Å². The second-order valence-corrected chi connectivity index (χ2v) is 7.03. The van der Waals surface area contributed by atoms with Gasteiger partial charge in [0.1, 0.15) is 11.5 Å². The fourth-order valence-corrected chi connectivity index (χ4v) is 3.44. The molecular formula is C20H22N4O3S. The molecule has 0 aliphatic rings. The maximum Gasteiger partial charge on any atom is 0.234 e. The highest BCUT2D eigenvalue weighted by Gasteiger charge is 2.16. The lowest BCUT2D eigenvalue weighted by molar-refractivity contribution is -0.113. The van der Waals surface area contributed by atoms with Gasteiger partial charge in [0.05, 0.1) is 25.5 Å². The van der Waals surface area contributed by atoms with Crippen LogP contribution in [0.5, 0.6) is 11.5 Å². The molecule has 0 unspecified atom stereocenters. The zero-order chi connectivity index (χ0) is 20.1. The average Bonchev–Trinajstić information content (AvgIpc) is 3.08. The third kappa shape index (κ3) is 4.28. The minimum absolute atomic E-state index is 0.111. The van der Waals surface area contributed by atoms with Crippen LogP contribution in [0.1, 0.15) is 5.56 Å². The van der Waals surface area contributed by atoms with E-state index >= 15 is 0 Å². The zero-order valence-electron chi connectivity index (χ0n) is 16.2. The molecule has 146 valence electrons. The lowest BCUT2D eigenvalue weighted by Crippen LogP contribution is -2.15. The lowest BCUT2D eigenvalue weighted by atomic mass is 10.2. The number of hydrogen-bond acceptors (Lipinski definition) is 6. The summed E-state index contributed by atoms with van der Waals surface area (Å²) in [6.45, 7) is 1.92. The van der Waals surface area contributed by atoms with E-state index < -0.39 is 0 Å². The van der Waals surface area contributed by atoms with E-state index in [9.17, 15) is 4.79 Å². The molecule has 0 atom stereocenters. The summed E-state index contributed by atoms with van der Waals surface area (Å²) in [6.07, 6.45) is 0. The normalized spacial score (nSPS) is 10.6. The molecule has 28 heavy (non-hydrogen) atoms. The Morgan fingerprint density at radius 2 is 1.93 bits per heavy atom. The van der Waals surface area contributed by atoms with E-state index in [1.165, 1.54) is 11.8 Å². The van der Waals surface area contributed by atoms with Crippen LogP contribution in [0.15, 0.2) is 47.6 Å². The largest absolute Gasteiger partial charge is 0.497 e. The van der Waals surface area contributed by atoms with Gasteiger partial charge in [-0.25, -0.2) is 0 Å². The molecule has 0 bridgehead atoms. The smallest absolute Gasteiger partial charge is 0.234 e. The van der Waals surface area contributed by atoms with E-state index in [0.29, 0.717) is 11.0 Å². The Kier molecular flexibility index (Phi) is 6.20. The number of carbonyl (C=O) groups excluding carboxylic acids is 1. The molecule has 1 amide bonds. The van der Waals surface area contributed by atoms with Gasteiger partial charge in [-0.15, -0.1) is 10.2 Å². The van der Waals surface area contributed by atoms with Gasteiger partial charge in [-0.2, -0.15) is 0 Å². The maximum atomic E-state index is 12.3. The highest BCUT2D eigenvalue weighted by atomic mass is 32.2. The van der Waals surface area contributed by atoms with Crippen LogP contribution in [0.3, 0.4) is 0 Å². The summed E-state index contributed by atoms with van der Waals surface area (Å²) in [4.78, 5) is 12.3. The Labute approximate surface area is 168 Å². The predicted molar refractivity (Wildman–Crippen MR) is 110 cm³/mol. The summed E-state index contributed by atoms with van der Waals surface area (Å²) in [6, 6.07) is 13.2. The van der Waals surface area contributed by atoms with Crippen molar-refractivity contribution in [2.45, 2.75) is 12.1 Å². The van der Waals surface area contributed by atoms with Crippen LogP contribution in [0, 0.1) is 6.92 Å². The highest BCUT2D eigenvalue weighted by molar-refractivity contribution is 7.99. The van der Waals surface area contributed by atoms with Crippen LogP contribution in [0.4, 0.5) is 5.69 Å². The average molecular weight is 398 g/mol. The van der Waals surface area contributed by atoms with Crippen molar-refractivity contribution in [2.24, 2.45) is 7.05 Å². The lowest BCUT2D eigenvalue weighted by Gasteiger charge is -2.10. The minimum atomic E-state index is -0.111. The van der Waals surface area contributed by atoms with E-state index in [2.05, 4.69) is 15.5 Å². The summed E-state index contributed by atoms with van der Waals surface area (Å²) in [5.41, 5.74) is 2.55. The van der Waals surface area contributed by atoms with Gasteiger partial charge in [0, 0.05) is 12.7 Å². The van der Waals surface area contributed by atoms with Crippen molar-refractivity contribution in [3.05, 3.63) is 48.0 Å². The van der Waals surface area contributed by atoms with Crippen molar-refractivity contribution in [2.75, 3.05) is 25.3 Å². The van der Waals surface area contributed by atoms with Gasteiger partial charge in [-0.1, -0.05) is 23.9 Å². The third-order valence-corrected chi connectivity index (χ3v) is 5.24. The molecule has 7 nitrogen and oxygen atoms in total. The van der Waals surface area contributed by atoms with E-state index in [1.54, 1.807) is 14.2 Å². The Balaban J connectivity index is 1.67. The Morgan fingerprint density at radius 1 is 1.14 bits per heavy atom. The summed E-state index contributed by atoms with van der Waals surface area (Å²) in [5, 5.41) is 12.0. The first-order chi connectivity index (χ1) is 13.5. The number of benzene rings is 2. The molecule has 0 saturated carbocycles. The van der Waals surface area contributed by atoms with Crippen molar-refractivity contribution < 1.29 is 14.3 Å². The van der Waals surface area contributed by atoms with Crippen molar-refractivity contribution in [3.8, 4) is 22.9 Å². The number of nitrogens with zero attached hydrogens (tertiary/aromatic N) is 3. The molecule has 2 aromatic carbocycles. The second kappa shape index (κ2) is 8.79. The summed E-state index contributed by atoms with van der Waals surface area (Å²) < 4.78 is 12.4. The van der Waals surface area contributed by atoms with E-state index in [4.69, 9.17) is 9.47 Å². The Morgan fingerprint density at radius 3 is 2.64 bits per heavy atom. The molecule has 1 N–H and O–H groups in total. The van der Waals surface area contributed by atoms with E-state index in [-0.39, 0.29) is 11.7 Å². The van der Waals surface area contributed by atoms with Gasteiger partial charge < -0.3 is 19.4 Å². The first kappa shape index (κ1) is 19.8. The number of amides is 1. The van der Waals surface area contributed by atoms with Gasteiger partial charge in [-0.05, 0) is 42.8 Å². The minimum Gasteiger partial charge on any atom is -0.497 e. The second-order valence-electron chi connectivity index (χ2n) is 6.08. The number of aryl methyl sites for hydroxylation is 1. The van der Waals surface area contributed by atoms with Crippen LogP contribution < -0.4 is 14.8 Å². The summed E-state index contributed by atoms with van der Waals surface area (Å²) in [5.74, 6) is 2.28. The van der Waals surface area contributed by atoms with E-state index in [0.717, 1.165) is 28.3 Å². The molecule has 1 heterocycles. The first-order valence-electron chi connectivity index (χ1n) is 8.63. The molecule has 0 aliphatic carbocycles. The van der Waals surface area contributed by atoms with Gasteiger partial charge >= 0.3 is 0 Å². The molecule has 3 aromatic rings. The molecule has 0 fully saturated rings. The van der Waals surface area contributed by atoms with Gasteiger partial charge in [0.2, 0.25) is 5.91 Å². The van der Waals surface area contributed by atoms with Crippen LogP contribution in [-0.4, -0.2) is 40.6 Å².